The maximum atomic E-state index is 3.50. The smallest absolute Gasteiger partial charge is 0.0175 e. The normalized spacial score (nSPS) is 31.8. The Morgan fingerprint density at radius 2 is 1.62 bits per heavy atom. The quantitative estimate of drug-likeness (QED) is 0.734. The zero-order valence-corrected chi connectivity index (χ0v) is 9.24. The van der Waals surface area contributed by atoms with Crippen molar-refractivity contribution in [3.05, 3.63) is 0 Å². The van der Waals surface area contributed by atoms with Crippen molar-refractivity contribution in [2.75, 3.05) is 13.1 Å². The molecule has 1 aliphatic carbocycles. The standard InChI is InChI=1S/C11H21NS/c1-2-5-10(6-3-1)13-11-7-4-8-12-9-11/h10-12H,1-9H2. The van der Waals surface area contributed by atoms with Gasteiger partial charge in [0, 0.05) is 17.0 Å². The van der Waals surface area contributed by atoms with E-state index >= 15 is 0 Å². The summed E-state index contributed by atoms with van der Waals surface area (Å²) in [6.07, 6.45) is 10.3. The van der Waals surface area contributed by atoms with Crippen LogP contribution in [0, 0.1) is 0 Å². The first-order chi connectivity index (χ1) is 6.45. The average Bonchev–Trinajstić information content (AvgIpc) is 2.21. The van der Waals surface area contributed by atoms with Crippen LogP contribution in [0.4, 0.5) is 0 Å². The fourth-order valence-corrected chi connectivity index (χ4v) is 4.08. The lowest BCUT2D eigenvalue weighted by molar-refractivity contribution is 0.502. The van der Waals surface area contributed by atoms with Crippen LogP contribution in [-0.4, -0.2) is 23.6 Å². The molecule has 0 amide bonds. The van der Waals surface area contributed by atoms with E-state index < -0.39 is 0 Å². The van der Waals surface area contributed by atoms with Crippen molar-refractivity contribution in [2.24, 2.45) is 0 Å². The summed E-state index contributed by atoms with van der Waals surface area (Å²) in [5.74, 6) is 0. The summed E-state index contributed by atoms with van der Waals surface area (Å²) in [7, 11) is 0. The molecule has 1 saturated carbocycles. The van der Waals surface area contributed by atoms with Gasteiger partial charge in [-0.1, -0.05) is 19.3 Å². The van der Waals surface area contributed by atoms with Crippen molar-refractivity contribution in [3.63, 3.8) is 0 Å². The van der Waals surface area contributed by atoms with Crippen molar-refractivity contribution in [1.29, 1.82) is 0 Å². The topological polar surface area (TPSA) is 12.0 Å². The van der Waals surface area contributed by atoms with Gasteiger partial charge >= 0.3 is 0 Å². The second kappa shape index (κ2) is 5.26. The first-order valence-corrected chi connectivity index (χ1v) is 6.75. The molecule has 0 aromatic carbocycles. The van der Waals surface area contributed by atoms with Crippen LogP contribution in [0.15, 0.2) is 0 Å². The molecular formula is C11H21NS. The lowest BCUT2D eigenvalue weighted by Gasteiger charge is -2.28. The van der Waals surface area contributed by atoms with Gasteiger partial charge < -0.3 is 5.32 Å². The second-order valence-corrected chi connectivity index (χ2v) is 5.97. The molecule has 1 nitrogen and oxygen atoms in total. The minimum absolute atomic E-state index is 0.928. The summed E-state index contributed by atoms with van der Waals surface area (Å²) in [5, 5.41) is 5.43. The summed E-state index contributed by atoms with van der Waals surface area (Å²) in [6, 6.07) is 0. The number of hydrogen-bond donors (Lipinski definition) is 1. The maximum absolute atomic E-state index is 3.50. The van der Waals surface area contributed by atoms with E-state index in [1.54, 1.807) is 0 Å². The van der Waals surface area contributed by atoms with Crippen LogP contribution in [0.25, 0.3) is 0 Å². The van der Waals surface area contributed by atoms with Gasteiger partial charge in [-0.15, -0.1) is 0 Å². The molecule has 2 heteroatoms. The fourth-order valence-electron chi connectivity index (χ4n) is 2.41. The first kappa shape index (κ1) is 9.85. The van der Waals surface area contributed by atoms with Gasteiger partial charge in [-0.2, -0.15) is 11.8 Å². The number of nitrogens with one attached hydrogen (secondary N) is 1. The van der Waals surface area contributed by atoms with Crippen LogP contribution in [0.2, 0.25) is 0 Å². The summed E-state index contributed by atoms with van der Waals surface area (Å²) in [6.45, 7) is 2.52. The molecule has 0 radical (unpaired) electrons. The Morgan fingerprint density at radius 3 is 2.31 bits per heavy atom. The van der Waals surface area contributed by atoms with Crippen LogP contribution in [-0.2, 0) is 0 Å². The van der Waals surface area contributed by atoms with Crippen LogP contribution in [0.5, 0.6) is 0 Å². The Balaban J connectivity index is 1.69. The number of piperidine rings is 1. The third-order valence-corrected chi connectivity index (χ3v) is 4.83. The molecule has 0 aromatic rings. The van der Waals surface area contributed by atoms with Crippen LogP contribution in [0.3, 0.4) is 0 Å². The highest BCUT2D eigenvalue weighted by atomic mass is 32.2. The third kappa shape index (κ3) is 3.17. The molecule has 76 valence electrons. The SMILES string of the molecule is C1CCC(SC2CCCNC2)CC1. The molecule has 1 unspecified atom stereocenters. The number of rotatable bonds is 2. The van der Waals surface area contributed by atoms with Gasteiger partial charge in [0.2, 0.25) is 0 Å². The van der Waals surface area contributed by atoms with Gasteiger partial charge in [0.1, 0.15) is 0 Å². The zero-order chi connectivity index (χ0) is 8.93. The minimum Gasteiger partial charge on any atom is -0.316 e. The summed E-state index contributed by atoms with van der Waals surface area (Å²) >= 11 is 2.28. The van der Waals surface area contributed by atoms with Gasteiger partial charge in [-0.3, -0.25) is 0 Å². The largest absolute Gasteiger partial charge is 0.316 e. The highest BCUT2D eigenvalue weighted by Crippen LogP contribution is 2.32. The molecule has 2 aliphatic rings. The van der Waals surface area contributed by atoms with Crippen LogP contribution >= 0.6 is 11.8 Å². The molecule has 0 spiro atoms. The molecule has 1 atom stereocenters. The summed E-state index contributed by atoms with van der Waals surface area (Å²) < 4.78 is 0. The zero-order valence-electron chi connectivity index (χ0n) is 8.43. The van der Waals surface area contributed by atoms with E-state index in [4.69, 9.17) is 0 Å². The van der Waals surface area contributed by atoms with Crippen molar-refractivity contribution < 1.29 is 0 Å². The van der Waals surface area contributed by atoms with Crippen molar-refractivity contribution in [1.82, 2.24) is 5.32 Å². The lowest BCUT2D eigenvalue weighted by atomic mass is 10.0. The molecular weight excluding hydrogens is 178 g/mol. The lowest BCUT2D eigenvalue weighted by Crippen LogP contribution is -2.33. The van der Waals surface area contributed by atoms with E-state index in [0.717, 1.165) is 10.5 Å². The Kier molecular flexibility index (Phi) is 3.98. The second-order valence-electron chi connectivity index (χ2n) is 4.36. The Bertz CT molecular complexity index is 121. The van der Waals surface area contributed by atoms with Crippen molar-refractivity contribution in [3.8, 4) is 0 Å². The molecule has 1 saturated heterocycles. The molecule has 0 bridgehead atoms. The van der Waals surface area contributed by atoms with Gasteiger partial charge in [-0.25, -0.2) is 0 Å². The molecule has 2 fully saturated rings. The van der Waals surface area contributed by atoms with Crippen LogP contribution < -0.4 is 5.32 Å². The highest BCUT2D eigenvalue weighted by Gasteiger charge is 2.20. The summed E-state index contributed by atoms with van der Waals surface area (Å²) in [4.78, 5) is 0. The number of hydrogen-bond acceptors (Lipinski definition) is 2. The maximum Gasteiger partial charge on any atom is 0.0175 e. The highest BCUT2D eigenvalue weighted by molar-refractivity contribution is 8.00. The third-order valence-electron chi connectivity index (χ3n) is 3.19. The van der Waals surface area contributed by atoms with Gasteiger partial charge in [0.25, 0.3) is 0 Å². The molecule has 2 rings (SSSR count). The van der Waals surface area contributed by atoms with Crippen LogP contribution in [0.1, 0.15) is 44.9 Å². The van der Waals surface area contributed by atoms with E-state index in [0.29, 0.717) is 0 Å². The summed E-state index contributed by atoms with van der Waals surface area (Å²) in [5.41, 5.74) is 0. The fraction of sp³-hybridized carbons (Fsp3) is 1.00. The average molecular weight is 199 g/mol. The monoisotopic (exact) mass is 199 g/mol. The molecule has 1 aliphatic heterocycles. The predicted molar refractivity (Wildman–Crippen MR) is 60.4 cm³/mol. The van der Waals surface area contributed by atoms with Gasteiger partial charge in [0.15, 0.2) is 0 Å². The van der Waals surface area contributed by atoms with Crippen molar-refractivity contribution >= 4 is 11.8 Å². The molecule has 1 heterocycles. The van der Waals surface area contributed by atoms with Crippen molar-refractivity contribution in [2.45, 2.75) is 55.4 Å². The van der Waals surface area contributed by atoms with E-state index in [2.05, 4.69) is 17.1 Å². The Morgan fingerprint density at radius 1 is 0.846 bits per heavy atom. The molecule has 1 N–H and O–H groups in total. The molecule has 0 aromatic heterocycles. The van der Waals surface area contributed by atoms with E-state index in [-0.39, 0.29) is 0 Å². The van der Waals surface area contributed by atoms with E-state index in [1.165, 1.54) is 58.0 Å². The van der Waals surface area contributed by atoms with Gasteiger partial charge in [0.05, 0.1) is 0 Å². The molecule has 13 heavy (non-hydrogen) atoms. The Labute approximate surface area is 86.0 Å². The Hall–Kier alpha value is 0.310. The van der Waals surface area contributed by atoms with Gasteiger partial charge in [-0.05, 0) is 32.2 Å². The van der Waals surface area contributed by atoms with E-state index in [1.807, 2.05) is 0 Å². The number of thioether (sulfide) groups is 1. The van der Waals surface area contributed by atoms with E-state index in [9.17, 15) is 0 Å². The minimum atomic E-state index is 0.928. The predicted octanol–water partition coefficient (Wildman–Crippen LogP) is 2.80. The first-order valence-electron chi connectivity index (χ1n) is 5.81.